The average Bonchev–Trinajstić information content (AvgIpc) is 3.47. The maximum absolute atomic E-state index is 12.6. The normalized spacial score (nSPS) is 30.2. The molecular weight excluding hydrogens is 416 g/mol. The number of benzene rings is 1. The lowest BCUT2D eigenvalue weighted by Crippen LogP contribution is -2.67. The number of methoxy groups -OCH3 is 1. The predicted molar refractivity (Wildman–Crippen MR) is 127 cm³/mol. The van der Waals surface area contributed by atoms with Crippen molar-refractivity contribution >= 4 is 12.0 Å². The fraction of sp³-hybridized carbons (Fsp3) is 0.519. The van der Waals surface area contributed by atoms with Crippen LogP contribution >= 0.6 is 0 Å². The van der Waals surface area contributed by atoms with E-state index in [1.165, 1.54) is 12.8 Å². The van der Waals surface area contributed by atoms with Crippen LogP contribution in [-0.4, -0.2) is 54.3 Å². The largest absolute Gasteiger partial charge is 0.497 e. The summed E-state index contributed by atoms with van der Waals surface area (Å²) in [6.45, 7) is 2.76. The standard InChI is InChI=1S/C27H34N2O4/c1-32-24-4-2-3-22(15-24)26-12-13-29(17-20-5-6-20)19-27(26,31)11-9-23(16-26)28-25(30)8-7-21-10-14-33-18-21/h2-4,7-8,10,14-15,18,20,23,31H,5-6,9,11-13,16-17,19H2,1H3,(H,28,30)/t23-,26-,27-/m0/s1. The highest BCUT2D eigenvalue weighted by Crippen LogP contribution is 2.52. The van der Waals surface area contributed by atoms with Crippen LogP contribution in [0.4, 0.5) is 0 Å². The Balaban J connectivity index is 1.38. The first-order valence-corrected chi connectivity index (χ1v) is 12.1. The number of hydrogen-bond donors (Lipinski definition) is 2. The van der Waals surface area contributed by atoms with E-state index in [0.717, 1.165) is 55.1 Å². The number of amides is 1. The topological polar surface area (TPSA) is 74.9 Å². The summed E-state index contributed by atoms with van der Waals surface area (Å²) in [5, 5.41) is 15.3. The van der Waals surface area contributed by atoms with Crippen molar-refractivity contribution in [1.29, 1.82) is 0 Å². The van der Waals surface area contributed by atoms with Crippen LogP contribution in [0.3, 0.4) is 0 Å². The Morgan fingerprint density at radius 2 is 2.18 bits per heavy atom. The van der Waals surface area contributed by atoms with E-state index in [1.807, 2.05) is 18.2 Å². The van der Waals surface area contributed by atoms with Crippen LogP contribution in [0, 0.1) is 5.92 Å². The molecule has 33 heavy (non-hydrogen) atoms. The van der Waals surface area contributed by atoms with Crippen LogP contribution in [0.1, 0.15) is 49.7 Å². The summed E-state index contributed by atoms with van der Waals surface area (Å²) >= 11 is 0. The molecule has 1 aliphatic heterocycles. The number of carbonyl (C=O) groups is 1. The molecule has 1 saturated heterocycles. The summed E-state index contributed by atoms with van der Waals surface area (Å²) in [7, 11) is 1.68. The van der Waals surface area contributed by atoms with Crippen molar-refractivity contribution in [2.24, 2.45) is 5.92 Å². The van der Waals surface area contributed by atoms with Gasteiger partial charge in [0.25, 0.3) is 0 Å². The van der Waals surface area contributed by atoms with Gasteiger partial charge >= 0.3 is 0 Å². The molecule has 2 N–H and O–H groups in total. The molecule has 0 radical (unpaired) electrons. The molecular formula is C27H34N2O4. The zero-order valence-corrected chi connectivity index (χ0v) is 19.3. The number of rotatable bonds is 7. The number of ether oxygens (including phenoxy) is 1. The number of furan rings is 1. The first kappa shape index (κ1) is 22.2. The van der Waals surface area contributed by atoms with E-state index in [0.29, 0.717) is 13.0 Å². The third-order valence-electron chi connectivity index (χ3n) is 7.88. The summed E-state index contributed by atoms with van der Waals surface area (Å²) in [4.78, 5) is 15.1. The first-order chi connectivity index (χ1) is 16.0. The van der Waals surface area contributed by atoms with Crippen molar-refractivity contribution in [2.75, 3.05) is 26.7 Å². The first-order valence-electron chi connectivity index (χ1n) is 12.1. The maximum Gasteiger partial charge on any atom is 0.244 e. The molecule has 3 atom stereocenters. The number of carbonyl (C=O) groups excluding carboxylic acids is 1. The Morgan fingerprint density at radius 1 is 1.30 bits per heavy atom. The van der Waals surface area contributed by atoms with E-state index >= 15 is 0 Å². The van der Waals surface area contributed by atoms with Gasteiger partial charge < -0.3 is 24.5 Å². The second kappa shape index (κ2) is 8.99. The predicted octanol–water partition coefficient (Wildman–Crippen LogP) is 3.75. The molecule has 1 aromatic carbocycles. The van der Waals surface area contributed by atoms with Gasteiger partial charge in [-0.2, -0.15) is 0 Å². The van der Waals surface area contributed by atoms with Gasteiger partial charge in [0, 0.05) is 36.2 Å². The quantitative estimate of drug-likeness (QED) is 0.629. The van der Waals surface area contributed by atoms with Gasteiger partial charge in [0.2, 0.25) is 5.91 Å². The van der Waals surface area contributed by atoms with Crippen LogP contribution in [-0.2, 0) is 10.2 Å². The second-order valence-corrected chi connectivity index (χ2v) is 10.1. The highest BCUT2D eigenvalue weighted by Gasteiger charge is 2.57. The van der Waals surface area contributed by atoms with E-state index in [4.69, 9.17) is 9.15 Å². The molecule has 3 fully saturated rings. The van der Waals surface area contributed by atoms with E-state index in [9.17, 15) is 9.90 Å². The van der Waals surface area contributed by atoms with Crippen molar-refractivity contribution in [1.82, 2.24) is 10.2 Å². The number of fused-ring (bicyclic) bond motifs is 1. The minimum absolute atomic E-state index is 0.00737. The van der Waals surface area contributed by atoms with Gasteiger partial charge in [-0.05, 0) is 80.8 Å². The minimum atomic E-state index is -0.819. The molecule has 1 aromatic heterocycles. The second-order valence-electron chi connectivity index (χ2n) is 10.1. The lowest BCUT2D eigenvalue weighted by molar-refractivity contribution is -0.132. The van der Waals surface area contributed by atoms with E-state index in [2.05, 4.69) is 22.3 Å². The Kier molecular flexibility index (Phi) is 6.06. The number of nitrogens with zero attached hydrogens (tertiary/aromatic N) is 1. The number of β-amino-alcohol motifs (C(OH)–C–C–N with tert-alkyl or cyclic N) is 1. The SMILES string of the molecule is COc1cccc([C@@]23CCN(CC4CC4)C[C@@]2(O)CC[C@H](NC(=O)C=Cc2ccoc2)C3)c1. The van der Waals surface area contributed by atoms with E-state index in [-0.39, 0.29) is 11.9 Å². The third kappa shape index (κ3) is 4.59. The van der Waals surface area contributed by atoms with E-state index in [1.54, 1.807) is 31.8 Å². The molecule has 2 saturated carbocycles. The number of hydrogen-bond acceptors (Lipinski definition) is 5. The molecule has 1 amide bonds. The van der Waals surface area contributed by atoms with Crippen molar-refractivity contribution in [3.63, 3.8) is 0 Å². The van der Waals surface area contributed by atoms with Crippen molar-refractivity contribution < 1.29 is 19.1 Å². The van der Waals surface area contributed by atoms with Gasteiger partial charge in [-0.1, -0.05) is 12.1 Å². The summed E-state index contributed by atoms with van der Waals surface area (Å²) in [5.74, 6) is 1.49. The number of likely N-dealkylation sites (tertiary alicyclic amines) is 1. The number of piperidine rings is 1. The van der Waals surface area contributed by atoms with Gasteiger partial charge in [-0.3, -0.25) is 4.79 Å². The van der Waals surface area contributed by atoms with Crippen LogP contribution in [0.2, 0.25) is 0 Å². The molecule has 2 aliphatic carbocycles. The molecule has 2 aromatic rings. The van der Waals surface area contributed by atoms with Gasteiger partial charge in [0.1, 0.15) is 5.75 Å². The molecule has 0 spiro atoms. The summed E-state index contributed by atoms with van der Waals surface area (Å²) in [6, 6.07) is 9.97. The fourth-order valence-electron chi connectivity index (χ4n) is 5.92. The molecule has 3 aliphatic rings. The minimum Gasteiger partial charge on any atom is -0.497 e. The Bertz CT molecular complexity index is 999. The average molecular weight is 451 g/mol. The van der Waals surface area contributed by atoms with Crippen LogP contribution in [0.15, 0.2) is 53.4 Å². The smallest absolute Gasteiger partial charge is 0.244 e. The summed E-state index contributed by atoms with van der Waals surface area (Å²) < 4.78 is 10.6. The third-order valence-corrected chi connectivity index (χ3v) is 7.88. The zero-order valence-electron chi connectivity index (χ0n) is 19.3. The number of nitrogens with one attached hydrogen (secondary N) is 1. The molecule has 6 nitrogen and oxygen atoms in total. The molecule has 0 unspecified atom stereocenters. The lowest BCUT2D eigenvalue weighted by atomic mass is 9.55. The molecule has 176 valence electrons. The Morgan fingerprint density at radius 3 is 2.94 bits per heavy atom. The molecule has 2 heterocycles. The highest BCUT2D eigenvalue weighted by molar-refractivity contribution is 5.91. The summed E-state index contributed by atoms with van der Waals surface area (Å²) in [5.41, 5.74) is 0.745. The summed E-state index contributed by atoms with van der Waals surface area (Å²) in [6.07, 6.45) is 12.2. The van der Waals surface area contributed by atoms with Crippen LogP contribution < -0.4 is 10.1 Å². The van der Waals surface area contributed by atoms with Crippen LogP contribution in [0.25, 0.3) is 6.08 Å². The molecule has 5 rings (SSSR count). The fourth-order valence-corrected chi connectivity index (χ4v) is 5.92. The molecule has 6 heteroatoms. The Hall–Kier alpha value is -2.57. The Labute approximate surface area is 195 Å². The van der Waals surface area contributed by atoms with Gasteiger partial charge in [-0.15, -0.1) is 0 Å². The van der Waals surface area contributed by atoms with Crippen LogP contribution in [0.5, 0.6) is 5.75 Å². The van der Waals surface area contributed by atoms with Crippen molar-refractivity contribution in [2.45, 2.75) is 55.6 Å². The van der Waals surface area contributed by atoms with Gasteiger partial charge in [-0.25, -0.2) is 0 Å². The highest BCUT2D eigenvalue weighted by atomic mass is 16.5. The monoisotopic (exact) mass is 450 g/mol. The van der Waals surface area contributed by atoms with E-state index < -0.39 is 11.0 Å². The van der Waals surface area contributed by atoms with Crippen molar-refractivity contribution in [3.05, 3.63) is 60.1 Å². The molecule has 0 bridgehead atoms. The zero-order chi connectivity index (χ0) is 22.9. The van der Waals surface area contributed by atoms with Gasteiger partial charge in [0.05, 0.1) is 25.2 Å². The maximum atomic E-state index is 12.6. The number of aliphatic hydroxyl groups is 1. The van der Waals surface area contributed by atoms with Gasteiger partial charge in [0.15, 0.2) is 0 Å². The lowest BCUT2D eigenvalue weighted by Gasteiger charge is -2.58. The van der Waals surface area contributed by atoms with Crippen molar-refractivity contribution in [3.8, 4) is 5.75 Å².